The van der Waals surface area contributed by atoms with Crippen molar-refractivity contribution in [1.82, 2.24) is 14.3 Å². The predicted octanol–water partition coefficient (Wildman–Crippen LogP) is 1.26. The third kappa shape index (κ3) is 4.70. The molecule has 1 saturated heterocycles. The Balaban J connectivity index is 1.36. The van der Waals surface area contributed by atoms with Gasteiger partial charge >= 0.3 is 0 Å². The molecule has 12 heteroatoms. The first-order valence-corrected chi connectivity index (χ1v) is 12.8. The van der Waals surface area contributed by atoms with Crippen molar-refractivity contribution in [2.24, 2.45) is 5.92 Å². The van der Waals surface area contributed by atoms with E-state index in [-0.39, 0.29) is 35.0 Å². The minimum Gasteiger partial charge on any atom is -0.326 e. The Morgan fingerprint density at radius 1 is 1.03 bits per heavy atom. The molecule has 0 unspecified atom stereocenters. The van der Waals surface area contributed by atoms with Crippen LogP contribution in [-0.4, -0.2) is 55.4 Å². The van der Waals surface area contributed by atoms with Crippen LogP contribution < -0.4 is 10.0 Å². The molecule has 0 radical (unpaired) electrons. The Bertz CT molecular complexity index is 1200. The van der Waals surface area contributed by atoms with E-state index in [0.29, 0.717) is 30.0 Å². The van der Waals surface area contributed by atoms with E-state index in [4.69, 9.17) is 0 Å². The van der Waals surface area contributed by atoms with Gasteiger partial charge in [0.1, 0.15) is 11.6 Å². The molecule has 2 N–H and O–H groups in total. The van der Waals surface area contributed by atoms with Crippen molar-refractivity contribution in [3.8, 4) is 0 Å². The summed E-state index contributed by atoms with van der Waals surface area (Å²) in [5.74, 6) is -0.0703. The normalized spacial score (nSPS) is 17.7. The van der Waals surface area contributed by atoms with E-state index in [0.717, 1.165) is 0 Å². The zero-order valence-electron chi connectivity index (χ0n) is 17.1. The molecular formula is C19H23N5O5S2. The molecule has 1 aliphatic carbocycles. The highest BCUT2D eigenvalue weighted by atomic mass is 32.2. The summed E-state index contributed by atoms with van der Waals surface area (Å²) in [4.78, 5) is 20.6. The summed E-state index contributed by atoms with van der Waals surface area (Å²) in [5, 5.41) is 2.43. The average Bonchev–Trinajstić information content (AvgIpc) is 3.45. The number of carbonyl (C=O) groups is 1. The van der Waals surface area contributed by atoms with E-state index in [1.807, 2.05) is 0 Å². The van der Waals surface area contributed by atoms with Crippen molar-refractivity contribution in [1.29, 1.82) is 0 Å². The summed E-state index contributed by atoms with van der Waals surface area (Å²) in [6.45, 7) is 3.77. The second-order valence-corrected chi connectivity index (χ2v) is 11.7. The van der Waals surface area contributed by atoms with Gasteiger partial charge in [0.2, 0.25) is 15.9 Å². The quantitative estimate of drug-likeness (QED) is 0.627. The molecule has 2 aromatic rings. The fraction of sp³-hybridized carbons (Fsp3) is 0.421. The lowest BCUT2D eigenvalue weighted by atomic mass is 10.0. The van der Waals surface area contributed by atoms with Crippen LogP contribution in [0.1, 0.15) is 24.4 Å². The highest BCUT2D eigenvalue weighted by molar-refractivity contribution is 7.92. The van der Waals surface area contributed by atoms with E-state index in [2.05, 4.69) is 20.0 Å². The molecule has 10 nitrogen and oxygen atoms in total. The number of amides is 1. The molecule has 0 bridgehead atoms. The lowest BCUT2D eigenvalue weighted by Crippen LogP contribution is -2.55. The second kappa shape index (κ2) is 7.84. The summed E-state index contributed by atoms with van der Waals surface area (Å²) < 4.78 is 53.2. The number of rotatable bonds is 7. The zero-order chi connectivity index (χ0) is 22.4. The van der Waals surface area contributed by atoms with Crippen LogP contribution >= 0.6 is 0 Å². The van der Waals surface area contributed by atoms with Crippen LogP contribution in [0.25, 0.3) is 0 Å². The fourth-order valence-corrected chi connectivity index (χ4v) is 6.24. The number of aromatic nitrogens is 2. The number of nitrogens with one attached hydrogen (secondary N) is 2. The first kappa shape index (κ1) is 21.7. The highest BCUT2D eigenvalue weighted by Crippen LogP contribution is 2.34. The van der Waals surface area contributed by atoms with Gasteiger partial charge in [-0.25, -0.2) is 26.8 Å². The van der Waals surface area contributed by atoms with Crippen molar-refractivity contribution in [3.63, 3.8) is 0 Å². The monoisotopic (exact) mass is 465 g/mol. The lowest BCUT2D eigenvalue weighted by Gasteiger charge is -2.37. The van der Waals surface area contributed by atoms with E-state index in [1.165, 1.54) is 34.6 Å². The van der Waals surface area contributed by atoms with Gasteiger partial charge in [0.15, 0.2) is 0 Å². The number of hydrogen-bond acceptors (Lipinski definition) is 7. The molecule has 0 spiro atoms. The maximum Gasteiger partial charge on any atom is 0.263 e. The van der Waals surface area contributed by atoms with Gasteiger partial charge in [-0.2, -0.15) is 4.31 Å². The second-order valence-electron chi connectivity index (χ2n) is 7.82. The molecule has 1 amide bonds. The van der Waals surface area contributed by atoms with Crippen LogP contribution in [0.5, 0.6) is 0 Å². The van der Waals surface area contributed by atoms with Gasteiger partial charge in [0.25, 0.3) is 10.0 Å². The molecule has 2 heterocycles. The van der Waals surface area contributed by atoms with Gasteiger partial charge in [-0.1, -0.05) is 0 Å². The van der Waals surface area contributed by atoms with Crippen LogP contribution in [-0.2, 0) is 24.8 Å². The van der Waals surface area contributed by atoms with Gasteiger partial charge in [-0.15, -0.1) is 0 Å². The Hall–Kier alpha value is -2.57. The molecule has 0 atom stereocenters. The summed E-state index contributed by atoms with van der Waals surface area (Å²) in [7, 11) is -7.11. The fourth-order valence-electron chi connectivity index (χ4n) is 3.32. The summed E-state index contributed by atoms with van der Waals surface area (Å²) >= 11 is 0. The molecule has 31 heavy (non-hydrogen) atoms. The minimum atomic E-state index is -3.85. The van der Waals surface area contributed by atoms with E-state index in [9.17, 15) is 21.6 Å². The third-order valence-electron chi connectivity index (χ3n) is 5.16. The molecule has 1 aromatic heterocycles. The molecule has 4 rings (SSSR count). The molecule has 166 valence electrons. The SMILES string of the molecule is Cc1cc(NS(=O)(=O)c2ccc(NC(=O)C3CN(S(=O)(=O)C4CC4)C3)cc2)nc(C)n1. The van der Waals surface area contributed by atoms with E-state index in [1.54, 1.807) is 13.8 Å². The zero-order valence-corrected chi connectivity index (χ0v) is 18.7. The summed E-state index contributed by atoms with van der Waals surface area (Å²) in [6.07, 6.45) is 1.38. The van der Waals surface area contributed by atoms with Crippen molar-refractivity contribution < 1.29 is 21.6 Å². The Labute approximate surface area is 181 Å². The number of anilines is 2. The van der Waals surface area contributed by atoms with Gasteiger partial charge in [-0.3, -0.25) is 9.52 Å². The summed E-state index contributed by atoms with van der Waals surface area (Å²) in [6, 6.07) is 7.26. The first-order chi connectivity index (χ1) is 14.5. The Kier molecular flexibility index (Phi) is 5.48. The molecule has 1 saturated carbocycles. The van der Waals surface area contributed by atoms with Crippen LogP contribution in [0.2, 0.25) is 0 Å². The Morgan fingerprint density at radius 2 is 1.68 bits per heavy atom. The van der Waals surface area contributed by atoms with Crippen molar-refractivity contribution >= 4 is 37.5 Å². The van der Waals surface area contributed by atoms with Crippen molar-refractivity contribution in [2.45, 2.75) is 36.8 Å². The molecule has 1 aliphatic heterocycles. The van der Waals surface area contributed by atoms with Crippen molar-refractivity contribution in [3.05, 3.63) is 41.9 Å². The molecule has 2 fully saturated rings. The summed E-state index contributed by atoms with van der Waals surface area (Å²) in [5.41, 5.74) is 1.07. The number of nitrogens with zero attached hydrogens (tertiary/aromatic N) is 3. The van der Waals surface area contributed by atoms with Crippen LogP contribution in [0, 0.1) is 19.8 Å². The average molecular weight is 466 g/mol. The van der Waals surface area contributed by atoms with Gasteiger partial charge in [-0.05, 0) is 51.0 Å². The molecule has 2 aliphatic rings. The standard InChI is InChI=1S/C19H23N5O5S2/c1-12-9-18(21-13(2)20-12)23-30(26,27)16-5-3-15(4-6-16)22-19(25)14-10-24(11-14)31(28,29)17-7-8-17/h3-6,9,14,17H,7-8,10-11H2,1-2H3,(H,22,25)(H,20,21,23). The molecular weight excluding hydrogens is 442 g/mol. The lowest BCUT2D eigenvalue weighted by molar-refractivity contribution is -0.122. The van der Waals surface area contributed by atoms with Gasteiger partial charge in [0, 0.05) is 30.5 Å². The third-order valence-corrected chi connectivity index (χ3v) is 8.86. The van der Waals surface area contributed by atoms with Gasteiger partial charge < -0.3 is 5.32 Å². The van der Waals surface area contributed by atoms with Crippen LogP contribution in [0.4, 0.5) is 11.5 Å². The maximum atomic E-state index is 12.6. The van der Waals surface area contributed by atoms with Crippen LogP contribution in [0.3, 0.4) is 0 Å². The first-order valence-electron chi connectivity index (χ1n) is 9.79. The smallest absolute Gasteiger partial charge is 0.263 e. The topological polar surface area (TPSA) is 138 Å². The van der Waals surface area contributed by atoms with E-state index < -0.39 is 26.0 Å². The minimum absolute atomic E-state index is 0.0183. The number of benzene rings is 1. The highest BCUT2D eigenvalue weighted by Gasteiger charge is 2.46. The maximum absolute atomic E-state index is 12.6. The van der Waals surface area contributed by atoms with Crippen molar-refractivity contribution in [2.75, 3.05) is 23.1 Å². The number of sulfonamides is 2. The Morgan fingerprint density at radius 3 is 2.26 bits per heavy atom. The molecule has 1 aromatic carbocycles. The van der Waals surface area contributed by atoms with Crippen LogP contribution in [0.15, 0.2) is 35.2 Å². The largest absolute Gasteiger partial charge is 0.326 e. The predicted molar refractivity (Wildman–Crippen MR) is 114 cm³/mol. The number of aryl methyl sites for hydroxylation is 2. The number of hydrogen-bond donors (Lipinski definition) is 2. The number of carbonyl (C=O) groups excluding carboxylic acids is 1. The van der Waals surface area contributed by atoms with Gasteiger partial charge in [0.05, 0.1) is 16.1 Å². The van der Waals surface area contributed by atoms with E-state index >= 15 is 0 Å².